The minimum Gasteiger partial charge on any atom is -0.487 e. The van der Waals surface area contributed by atoms with Crippen molar-refractivity contribution in [3.8, 4) is 5.75 Å². The molecular weight excluding hydrogens is 315 g/mol. The second kappa shape index (κ2) is 5.90. The molecule has 0 bridgehead atoms. The molecule has 0 atom stereocenters. The number of hydrogen-bond acceptors (Lipinski definition) is 2. The Labute approximate surface area is 119 Å². The third-order valence-electron chi connectivity index (χ3n) is 3.53. The van der Waals surface area contributed by atoms with Crippen molar-refractivity contribution < 1.29 is 19.0 Å². The molecule has 1 aliphatic carbocycles. The third kappa shape index (κ3) is 3.26. The molecule has 2 rings (SSSR count). The molecule has 1 aromatic carbocycles. The van der Waals surface area contributed by atoms with E-state index in [4.69, 9.17) is 9.84 Å². The van der Waals surface area contributed by atoms with E-state index in [0.29, 0.717) is 5.92 Å². The molecule has 3 nitrogen and oxygen atoms in total. The molecule has 0 heterocycles. The smallest absolute Gasteiger partial charge is 0.336 e. The first kappa shape index (κ1) is 14.3. The summed E-state index contributed by atoms with van der Waals surface area (Å²) in [7, 11) is 0. The maximum atomic E-state index is 14.0. The standard InChI is InChI=1S/C14H16BrFO3/c1-8-2-4-9(5-3-8)19-11-7-6-10(14(17)18)12(15)13(11)16/h6-9H,2-5H2,1H3,(H,17,18). The summed E-state index contributed by atoms with van der Waals surface area (Å²) in [6, 6.07) is 2.75. The van der Waals surface area contributed by atoms with E-state index in [1.54, 1.807) is 0 Å². The van der Waals surface area contributed by atoms with Crippen LogP contribution in [0.3, 0.4) is 0 Å². The highest BCUT2D eigenvalue weighted by atomic mass is 79.9. The molecule has 104 valence electrons. The molecule has 19 heavy (non-hydrogen) atoms. The Hall–Kier alpha value is -1.10. The number of carboxylic acids is 1. The second-order valence-corrected chi connectivity index (χ2v) is 5.84. The van der Waals surface area contributed by atoms with Gasteiger partial charge in [0.05, 0.1) is 16.1 Å². The molecule has 0 spiro atoms. The Balaban J connectivity index is 2.13. The summed E-state index contributed by atoms with van der Waals surface area (Å²) in [4.78, 5) is 10.9. The first-order chi connectivity index (χ1) is 8.99. The van der Waals surface area contributed by atoms with Crippen LogP contribution in [-0.4, -0.2) is 17.2 Å². The van der Waals surface area contributed by atoms with Gasteiger partial charge in [-0.25, -0.2) is 9.18 Å². The normalized spacial score (nSPS) is 23.1. The van der Waals surface area contributed by atoms with Crippen LogP contribution in [0.15, 0.2) is 16.6 Å². The monoisotopic (exact) mass is 330 g/mol. The largest absolute Gasteiger partial charge is 0.487 e. The highest BCUT2D eigenvalue weighted by molar-refractivity contribution is 9.10. The van der Waals surface area contributed by atoms with Gasteiger partial charge in [-0.1, -0.05) is 6.92 Å². The molecule has 5 heteroatoms. The van der Waals surface area contributed by atoms with Gasteiger partial charge in [0.25, 0.3) is 0 Å². The molecule has 0 aliphatic heterocycles. The van der Waals surface area contributed by atoms with E-state index in [-0.39, 0.29) is 21.9 Å². The lowest BCUT2D eigenvalue weighted by Gasteiger charge is -2.27. The molecule has 1 aromatic rings. The zero-order valence-corrected chi connectivity index (χ0v) is 12.2. The van der Waals surface area contributed by atoms with Crippen LogP contribution in [0.5, 0.6) is 5.75 Å². The highest BCUT2D eigenvalue weighted by Gasteiger charge is 2.22. The third-order valence-corrected chi connectivity index (χ3v) is 4.31. The van der Waals surface area contributed by atoms with Crippen molar-refractivity contribution in [2.45, 2.75) is 38.7 Å². The Bertz CT molecular complexity index is 482. The van der Waals surface area contributed by atoms with E-state index in [1.807, 2.05) is 0 Å². The number of aromatic carboxylic acids is 1. The summed E-state index contributed by atoms with van der Waals surface area (Å²) >= 11 is 2.97. The Morgan fingerprint density at radius 1 is 1.37 bits per heavy atom. The number of ether oxygens (including phenoxy) is 1. The van der Waals surface area contributed by atoms with Gasteiger partial charge in [0.1, 0.15) is 0 Å². The fourth-order valence-electron chi connectivity index (χ4n) is 2.31. The molecular formula is C14H16BrFO3. The van der Waals surface area contributed by atoms with Crippen LogP contribution in [0.4, 0.5) is 4.39 Å². The summed E-state index contributed by atoms with van der Waals surface area (Å²) in [6.07, 6.45) is 4.02. The molecule has 0 unspecified atom stereocenters. The van der Waals surface area contributed by atoms with E-state index in [1.165, 1.54) is 12.1 Å². The maximum Gasteiger partial charge on any atom is 0.336 e. The predicted octanol–water partition coefficient (Wildman–Crippen LogP) is 4.24. The lowest BCUT2D eigenvalue weighted by Crippen LogP contribution is -2.23. The van der Waals surface area contributed by atoms with Crippen molar-refractivity contribution in [3.05, 3.63) is 28.0 Å². The van der Waals surface area contributed by atoms with Gasteiger partial charge in [-0.15, -0.1) is 0 Å². The Morgan fingerprint density at radius 3 is 2.58 bits per heavy atom. The van der Waals surface area contributed by atoms with Crippen molar-refractivity contribution in [2.24, 2.45) is 5.92 Å². The number of carboxylic acid groups (broad SMARTS) is 1. The number of benzene rings is 1. The van der Waals surface area contributed by atoms with Gasteiger partial charge in [0, 0.05) is 0 Å². The van der Waals surface area contributed by atoms with Gasteiger partial charge in [-0.2, -0.15) is 0 Å². The molecule has 1 aliphatic rings. The molecule has 1 N–H and O–H groups in total. The van der Waals surface area contributed by atoms with Crippen molar-refractivity contribution in [3.63, 3.8) is 0 Å². The summed E-state index contributed by atoms with van der Waals surface area (Å²) in [5.74, 6) is -0.982. The summed E-state index contributed by atoms with van der Waals surface area (Å²) < 4.78 is 19.6. The molecule has 0 amide bonds. The fourth-order valence-corrected chi connectivity index (χ4v) is 2.81. The predicted molar refractivity (Wildman–Crippen MR) is 73.1 cm³/mol. The lowest BCUT2D eigenvalue weighted by molar-refractivity contribution is 0.0695. The van der Waals surface area contributed by atoms with E-state index < -0.39 is 11.8 Å². The van der Waals surface area contributed by atoms with Crippen LogP contribution in [0.1, 0.15) is 43.0 Å². The average molecular weight is 331 g/mol. The molecule has 1 saturated carbocycles. The molecule has 0 aromatic heterocycles. The number of halogens is 2. The van der Waals surface area contributed by atoms with E-state index in [9.17, 15) is 9.18 Å². The zero-order chi connectivity index (χ0) is 14.0. The van der Waals surface area contributed by atoms with Gasteiger partial charge < -0.3 is 9.84 Å². The second-order valence-electron chi connectivity index (χ2n) is 5.04. The van der Waals surface area contributed by atoms with Crippen molar-refractivity contribution in [1.82, 2.24) is 0 Å². The molecule has 0 radical (unpaired) electrons. The van der Waals surface area contributed by atoms with Crippen LogP contribution in [-0.2, 0) is 0 Å². The van der Waals surface area contributed by atoms with Crippen molar-refractivity contribution in [2.75, 3.05) is 0 Å². The Morgan fingerprint density at radius 2 is 2.00 bits per heavy atom. The minimum absolute atomic E-state index is 0.0216. The first-order valence-electron chi connectivity index (χ1n) is 6.37. The van der Waals surface area contributed by atoms with E-state index in [2.05, 4.69) is 22.9 Å². The van der Waals surface area contributed by atoms with Gasteiger partial charge in [0.15, 0.2) is 11.6 Å². The van der Waals surface area contributed by atoms with Crippen LogP contribution >= 0.6 is 15.9 Å². The number of carbonyl (C=O) groups is 1. The van der Waals surface area contributed by atoms with Crippen molar-refractivity contribution in [1.29, 1.82) is 0 Å². The van der Waals surface area contributed by atoms with Crippen LogP contribution in [0, 0.1) is 11.7 Å². The minimum atomic E-state index is -1.16. The van der Waals surface area contributed by atoms with E-state index >= 15 is 0 Å². The summed E-state index contributed by atoms with van der Waals surface area (Å²) in [5, 5.41) is 8.89. The average Bonchev–Trinajstić information content (AvgIpc) is 2.37. The maximum absolute atomic E-state index is 14.0. The van der Waals surface area contributed by atoms with Crippen molar-refractivity contribution >= 4 is 21.9 Å². The quantitative estimate of drug-likeness (QED) is 0.901. The fraction of sp³-hybridized carbons (Fsp3) is 0.500. The highest BCUT2D eigenvalue weighted by Crippen LogP contribution is 2.32. The van der Waals surface area contributed by atoms with Gasteiger partial charge in [0.2, 0.25) is 0 Å². The molecule has 1 fully saturated rings. The zero-order valence-electron chi connectivity index (χ0n) is 10.7. The van der Waals surface area contributed by atoms with Crippen LogP contribution in [0.25, 0.3) is 0 Å². The molecule has 0 saturated heterocycles. The first-order valence-corrected chi connectivity index (χ1v) is 7.16. The Kier molecular flexibility index (Phi) is 4.45. The lowest BCUT2D eigenvalue weighted by atomic mass is 9.89. The summed E-state index contributed by atoms with van der Waals surface area (Å²) in [5.41, 5.74) is -0.0953. The van der Waals surface area contributed by atoms with Gasteiger partial charge >= 0.3 is 5.97 Å². The topological polar surface area (TPSA) is 46.5 Å². The van der Waals surface area contributed by atoms with E-state index in [0.717, 1.165) is 25.7 Å². The summed E-state index contributed by atoms with van der Waals surface area (Å²) in [6.45, 7) is 2.20. The van der Waals surface area contributed by atoms with Crippen LogP contribution in [0.2, 0.25) is 0 Å². The number of rotatable bonds is 3. The van der Waals surface area contributed by atoms with Gasteiger partial charge in [-0.3, -0.25) is 0 Å². The van der Waals surface area contributed by atoms with Crippen LogP contribution < -0.4 is 4.74 Å². The van der Waals surface area contributed by atoms with Gasteiger partial charge in [-0.05, 0) is 59.7 Å². The SMILES string of the molecule is CC1CCC(Oc2ccc(C(=O)O)c(Br)c2F)CC1. The number of hydrogen-bond donors (Lipinski definition) is 1.